The molecule has 0 radical (unpaired) electrons. The molecule has 2 atom stereocenters. The average Bonchev–Trinajstić information content (AvgIpc) is 2.42. The van der Waals surface area contributed by atoms with Crippen LogP contribution in [0.3, 0.4) is 0 Å². The molecule has 124 valence electrons. The lowest BCUT2D eigenvalue weighted by Gasteiger charge is -2.33. The first-order valence-corrected chi connectivity index (χ1v) is 8.54. The number of rotatable bonds is 6. The van der Waals surface area contributed by atoms with Gasteiger partial charge in [-0.25, -0.2) is 4.79 Å². The molecule has 1 saturated carbocycles. The molecule has 0 heterocycles. The fraction of sp³-hybridized carbons (Fsp3) is 0.941. The van der Waals surface area contributed by atoms with Gasteiger partial charge in [-0.1, -0.05) is 26.2 Å². The van der Waals surface area contributed by atoms with Crippen LogP contribution in [0.1, 0.15) is 73.1 Å². The van der Waals surface area contributed by atoms with Gasteiger partial charge in [-0.15, -0.1) is 0 Å². The van der Waals surface area contributed by atoms with Gasteiger partial charge in [0.25, 0.3) is 0 Å². The van der Waals surface area contributed by atoms with Gasteiger partial charge in [0.1, 0.15) is 5.60 Å². The predicted molar refractivity (Wildman–Crippen MR) is 87.5 cm³/mol. The zero-order chi connectivity index (χ0) is 15.9. The monoisotopic (exact) mass is 298 g/mol. The van der Waals surface area contributed by atoms with E-state index in [0.717, 1.165) is 6.42 Å². The second-order valence-corrected chi connectivity index (χ2v) is 7.36. The molecule has 0 saturated heterocycles. The van der Waals surface area contributed by atoms with Crippen LogP contribution in [0.25, 0.3) is 0 Å². The lowest BCUT2D eigenvalue weighted by atomic mass is 9.83. The highest BCUT2D eigenvalue weighted by atomic mass is 16.6. The smallest absolute Gasteiger partial charge is 0.407 e. The van der Waals surface area contributed by atoms with E-state index in [1.54, 1.807) is 0 Å². The fourth-order valence-electron chi connectivity index (χ4n) is 2.89. The molecule has 0 aromatic carbocycles. The molecule has 0 aromatic heterocycles. The molecule has 4 heteroatoms. The Morgan fingerprint density at radius 1 is 1.24 bits per heavy atom. The van der Waals surface area contributed by atoms with E-state index in [2.05, 4.69) is 24.5 Å². The van der Waals surface area contributed by atoms with Gasteiger partial charge in [0.2, 0.25) is 0 Å². The summed E-state index contributed by atoms with van der Waals surface area (Å²) < 4.78 is 5.33. The van der Waals surface area contributed by atoms with Crippen LogP contribution >= 0.6 is 0 Å². The summed E-state index contributed by atoms with van der Waals surface area (Å²) in [5.41, 5.74) is -0.436. The second-order valence-electron chi connectivity index (χ2n) is 7.36. The Morgan fingerprint density at radius 2 is 1.86 bits per heavy atom. The summed E-state index contributed by atoms with van der Waals surface area (Å²) >= 11 is 0. The molecule has 1 aliphatic rings. The molecule has 0 spiro atoms. The molecule has 4 nitrogen and oxygen atoms in total. The van der Waals surface area contributed by atoms with Crippen LogP contribution in [0.2, 0.25) is 0 Å². The zero-order valence-electron chi connectivity index (χ0n) is 14.5. The van der Waals surface area contributed by atoms with Crippen molar-refractivity contribution in [3.8, 4) is 0 Å². The summed E-state index contributed by atoms with van der Waals surface area (Å²) in [6.45, 7) is 10.7. The maximum Gasteiger partial charge on any atom is 0.407 e. The molecule has 21 heavy (non-hydrogen) atoms. The molecular weight excluding hydrogens is 264 g/mol. The van der Waals surface area contributed by atoms with Crippen molar-refractivity contribution in [3.63, 3.8) is 0 Å². The van der Waals surface area contributed by atoms with Crippen molar-refractivity contribution >= 4 is 6.09 Å². The molecule has 1 rings (SSSR count). The quantitative estimate of drug-likeness (QED) is 0.783. The van der Waals surface area contributed by atoms with E-state index in [1.807, 2.05) is 20.8 Å². The Hall–Kier alpha value is -0.770. The largest absolute Gasteiger partial charge is 0.444 e. The SMILES string of the molecule is CCC(C)NC(CNC(=O)OC(C)(C)C)C1CCCCC1. The third-order valence-corrected chi connectivity index (χ3v) is 4.20. The van der Waals surface area contributed by atoms with Crippen molar-refractivity contribution in [2.45, 2.75) is 90.8 Å². The number of alkyl carbamates (subject to hydrolysis) is 1. The van der Waals surface area contributed by atoms with Crippen LogP contribution < -0.4 is 10.6 Å². The van der Waals surface area contributed by atoms with Crippen LogP contribution in [-0.2, 0) is 4.74 Å². The van der Waals surface area contributed by atoms with Crippen molar-refractivity contribution in [1.82, 2.24) is 10.6 Å². The summed E-state index contributed by atoms with van der Waals surface area (Å²) in [5.74, 6) is 0.669. The number of hydrogen-bond donors (Lipinski definition) is 2. The first-order valence-electron chi connectivity index (χ1n) is 8.54. The Morgan fingerprint density at radius 3 is 2.38 bits per heavy atom. The molecule has 1 amide bonds. The Bertz CT molecular complexity index is 306. The highest BCUT2D eigenvalue weighted by Crippen LogP contribution is 2.26. The molecule has 0 aromatic rings. The summed E-state index contributed by atoms with van der Waals surface area (Å²) in [5, 5.41) is 6.63. The van der Waals surface area contributed by atoms with Gasteiger partial charge in [0.05, 0.1) is 0 Å². The normalized spacial score (nSPS) is 19.9. The maximum absolute atomic E-state index is 11.8. The van der Waals surface area contributed by atoms with E-state index in [0.29, 0.717) is 24.5 Å². The number of ether oxygens (including phenoxy) is 1. The average molecular weight is 298 g/mol. The standard InChI is InChI=1S/C17H34N2O2/c1-6-13(2)19-15(14-10-8-7-9-11-14)12-18-16(20)21-17(3,4)5/h13-15,19H,6-12H2,1-5H3,(H,18,20). The Labute approximate surface area is 130 Å². The fourth-order valence-corrected chi connectivity index (χ4v) is 2.89. The lowest BCUT2D eigenvalue weighted by molar-refractivity contribution is 0.0514. The van der Waals surface area contributed by atoms with Crippen LogP contribution in [0.4, 0.5) is 4.79 Å². The number of hydrogen-bond acceptors (Lipinski definition) is 3. The second kappa shape index (κ2) is 8.62. The van der Waals surface area contributed by atoms with Gasteiger partial charge in [-0.05, 0) is 52.9 Å². The topological polar surface area (TPSA) is 50.4 Å². The van der Waals surface area contributed by atoms with E-state index in [4.69, 9.17) is 4.74 Å². The minimum absolute atomic E-state index is 0.311. The van der Waals surface area contributed by atoms with Crippen LogP contribution in [0.5, 0.6) is 0 Å². The molecule has 1 aliphatic carbocycles. The summed E-state index contributed by atoms with van der Waals surface area (Å²) in [4.78, 5) is 11.8. The first-order chi connectivity index (χ1) is 9.81. The zero-order valence-corrected chi connectivity index (χ0v) is 14.5. The van der Waals surface area contributed by atoms with E-state index in [-0.39, 0.29) is 6.09 Å². The summed E-state index contributed by atoms with van der Waals surface area (Å²) in [6.07, 6.45) is 7.32. The first kappa shape index (κ1) is 18.3. The minimum Gasteiger partial charge on any atom is -0.444 e. The van der Waals surface area contributed by atoms with Crippen LogP contribution in [-0.4, -0.2) is 30.3 Å². The van der Waals surface area contributed by atoms with Crippen molar-refractivity contribution in [2.24, 2.45) is 5.92 Å². The molecular formula is C17H34N2O2. The number of carbonyl (C=O) groups excluding carboxylic acids is 1. The van der Waals surface area contributed by atoms with Crippen molar-refractivity contribution in [1.29, 1.82) is 0 Å². The third kappa shape index (κ3) is 7.70. The summed E-state index contributed by atoms with van der Waals surface area (Å²) in [6, 6.07) is 0.838. The lowest BCUT2D eigenvalue weighted by Crippen LogP contribution is -2.49. The Kier molecular flexibility index (Phi) is 7.50. The van der Waals surface area contributed by atoms with Crippen molar-refractivity contribution in [3.05, 3.63) is 0 Å². The number of carbonyl (C=O) groups is 1. The molecule has 2 N–H and O–H groups in total. The van der Waals surface area contributed by atoms with Crippen molar-refractivity contribution in [2.75, 3.05) is 6.54 Å². The van der Waals surface area contributed by atoms with Gasteiger partial charge in [-0.2, -0.15) is 0 Å². The molecule has 0 aliphatic heterocycles. The highest BCUT2D eigenvalue weighted by molar-refractivity contribution is 5.67. The number of nitrogens with one attached hydrogen (secondary N) is 2. The van der Waals surface area contributed by atoms with Gasteiger partial charge < -0.3 is 15.4 Å². The molecule has 2 unspecified atom stereocenters. The van der Waals surface area contributed by atoms with E-state index in [1.165, 1.54) is 32.1 Å². The van der Waals surface area contributed by atoms with E-state index >= 15 is 0 Å². The van der Waals surface area contributed by atoms with Gasteiger partial charge in [-0.3, -0.25) is 0 Å². The van der Waals surface area contributed by atoms with Gasteiger partial charge in [0, 0.05) is 18.6 Å². The number of amides is 1. The van der Waals surface area contributed by atoms with Crippen LogP contribution in [0, 0.1) is 5.92 Å². The van der Waals surface area contributed by atoms with Gasteiger partial charge >= 0.3 is 6.09 Å². The Balaban J connectivity index is 2.49. The molecule has 0 bridgehead atoms. The summed E-state index contributed by atoms with van der Waals surface area (Å²) in [7, 11) is 0. The maximum atomic E-state index is 11.8. The van der Waals surface area contributed by atoms with Crippen LogP contribution in [0.15, 0.2) is 0 Å². The molecule has 1 fully saturated rings. The van der Waals surface area contributed by atoms with E-state index < -0.39 is 5.60 Å². The van der Waals surface area contributed by atoms with Gasteiger partial charge in [0.15, 0.2) is 0 Å². The predicted octanol–water partition coefficient (Wildman–Crippen LogP) is 3.85. The minimum atomic E-state index is -0.436. The van der Waals surface area contributed by atoms with E-state index in [9.17, 15) is 4.79 Å². The third-order valence-electron chi connectivity index (χ3n) is 4.20. The van der Waals surface area contributed by atoms with Crippen molar-refractivity contribution < 1.29 is 9.53 Å². The highest BCUT2D eigenvalue weighted by Gasteiger charge is 2.25.